The first-order valence-corrected chi connectivity index (χ1v) is 7.37. The number of thiazole rings is 1. The molecule has 1 unspecified atom stereocenters. The van der Waals surface area contributed by atoms with E-state index in [-0.39, 0.29) is 0 Å². The van der Waals surface area contributed by atoms with Gasteiger partial charge in [0.1, 0.15) is 0 Å². The first-order chi connectivity index (χ1) is 8.79. The highest BCUT2D eigenvalue weighted by Crippen LogP contribution is 2.19. The van der Waals surface area contributed by atoms with E-state index in [4.69, 9.17) is 0 Å². The zero-order valence-electron chi connectivity index (χ0n) is 11.0. The van der Waals surface area contributed by atoms with Gasteiger partial charge in [-0.15, -0.1) is 11.3 Å². The third-order valence-electron chi connectivity index (χ3n) is 2.92. The summed E-state index contributed by atoms with van der Waals surface area (Å²) in [4.78, 5) is 4.56. The molecule has 0 spiro atoms. The quantitative estimate of drug-likeness (QED) is 0.856. The van der Waals surface area contributed by atoms with Crippen molar-refractivity contribution in [3.63, 3.8) is 0 Å². The number of hydrogen-bond donors (Lipinski definition) is 1. The van der Waals surface area contributed by atoms with E-state index in [2.05, 4.69) is 59.9 Å². The molecule has 0 aliphatic heterocycles. The molecule has 0 fully saturated rings. The predicted octanol–water partition coefficient (Wildman–Crippen LogP) is 3.73. The Kier molecular flexibility index (Phi) is 4.90. The van der Waals surface area contributed by atoms with Crippen molar-refractivity contribution in [3.05, 3.63) is 52.0 Å². The average Bonchev–Trinajstić information content (AvgIpc) is 2.81. The lowest BCUT2D eigenvalue weighted by Crippen LogP contribution is -2.24. The van der Waals surface area contributed by atoms with E-state index < -0.39 is 0 Å². The van der Waals surface area contributed by atoms with Gasteiger partial charge in [0.05, 0.1) is 10.7 Å². The standard InChI is InChI=1S/C15H20N2S/c1-3-9-16-15(13-7-5-4-6-8-13)10-14-11-18-12(2)17-14/h4-8,11,15-16H,3,9-10H2,1-2H3. The van der Waals surface area contributed by atoms with E-state index >= 15 is 0 Å². The van der Waals surface area contributed by atoms with Crippen LogP contribution in [0.15, 0.2) is 35.7 Å². The Balaban J connectivity index is 2.10. The van der Waals surface area contributed by atoms with Gasteiger partial charge in [-0.05, 0) is 25.5 Å². The first kappa shape index (κ1) is 13.2. The fraction of sp³-hybridized carbons (Fsp3) is 0.400. The zero-order chi connectivity index (χ0) is 12.8. The second kappa shape index (κ2) is 6.66. The van der Waals surface area contributed by atoms with Gasteiger partial charge in [-0.2, -0.15) is 0 Å². The SMILES string of the molecule is CCCNC(Cc1csc(C)n1)c1ccccc1. The Morgan fingerprint density at radius 2 is 2.06 bits per heavy atom. The monoisotopic (exact) mass is 260 g/mol. The van der Waals surface area contributed by atoms with Crippen LogP contribution in [0.3, 0.4) is 0 Å². The minimum Gasteiger partial charge on any atom is -0.310 e. The molecule has 3 heteroatoms. The molecule has 96 valence electrons. The summed E-state index contributed by atoms with van der Waals surface area (Å²) in [5.74, 6) is 0. The molecule has 0 bridgehead atoms. The van der Waals surface area contributed by atoms with Crippen molar-refractivity contribution < 1.29 is 0 Å². The number of benzene rings is 1. The Morgan fingerprint density at radius 1 is 1.28 bits per heavy atom. The maximum Gasteiger partial charge on any atom is 0.0897 e. The number of aryl methyl sites for hydroxylation is 1. The molecular weight excluding hydrogens is 240 g/mol. The molecule has 1 heterocycles. The molecular formula is C15H20N2S. The van der Waals surface area contributed by atoms with Crippen molar-refractivity contribution in [2.45, 2.75) is 32.7 Å². The van der Waals surface area contributed by atoms with E-state index in [1.807, 2.05) is 0 Å². The summed E-state index contributed by atoms with van der Waals surface area (Å²) in [5.41, 5.74) is 2.53. The van der Waals surface area contributed by atoms with Gasteiger partial charge in [0.15, 0.2) is 0 Å². The van der Waals surface area contributed by atoms with Crippen molar-refractivity contribution >= 4 is 11.3 Å². The van der Waals surface area contributed by atoms with Crippen LogP contribution in [-0.4, -0.2) is 11.5 Å². The summed E-state index contributed by atoms with van der Waals surface area (Å²) in [7, 11) is 0. The summed E-state index contributed by atoms with van der Waals surface area (Å²) < 4.78 is 0. The molecule has 1 N–H and O–H groups in total. The minimum atomic E-state index is 0.368. The molecule has 0 radical (unpaired) electrons. The van der Waals surface area contributed by atoms with Crippen LogP contribution in [0.1, 0.15) is 35.7 Å². The second-order valence-corrected chi connectivity index (χ2v) is 5.54. The van der Waals surface area contributed by atoms with Crippen LogP contribution in [0.2, 0.25) is 0 Å². The summed E-state index contributed by atoms with van der Waals surface area (Å²) in [6.07, 6.45) is 2.12. The van der Waals surface area contributed by atoms with Crippen LogP contribution in [0.5, 0.6) is 0 Å². The van der Waals surface area contributed by atoms with Crippen LogP contribution >= 0.6 is 11.3 Å². The minimum absolute atomic E-state index is 0.368. The molecule has 0 saturated carbocycles. The van der Waals surface area contributed by atoms with Crippen LogP contribution in [0.25, 0.3) is 0 Å². The normalized spacial score (nSPS) is 12.6. The molecule has 0 aliphatic carbocycles. The molecule has 1 atom stereocenters. The number of nitrogens with one attached hydrogen (secondary N) is 1. The van der Waals surface area contributed by atoms with Gasteiger partial charge in [-0.25, -0.2) is 4.98 Å². The maximum atomic E-state index is 4.56. The molecule has 1 aromatic heterocycles. The van der Waals surface area contributed by atoms with Crippen LogP contribution in [0, 0.1) is 6.92 Å². The topological polar surface area (TPSA) is 24.9 Å². The van der Waals surface area contributed by atoms with Gasteiger partial charge < -0.3 is 5.32 Å². The largest absolute Gasteiger partial charge is 0.310 e. The van der Waals surface area contributed by atoms with Crippen LogP contribution in [-0.2, 0) is 6.42 Å². The molecule has 2 rings (SSSR count). The molecule has 0 amide bonds. The lowest BCUT2D eigenvalue weighted by atomic mass is 10.0. The van der Waals surface area contributed by atoms with Gasteiger partial charge in [-0.1, -0.05) is 37.3 Å². The molecule has 2 aromatic rings. The van der Waals surface area contributed by atoms with E-state index in [1.165, 1.54) is 11.3 Å². The van der Waals surface area contributed by atoms with Crippen molar-refractivity contribution in [2.75, 3.05) is 6.54 Å². The Hall–Kier alpha value is -1.19. The highest BCUT2D eigenvalue weighted by atomic mass is 32.1. The van der Waals surface area contributed by atoms with E-state index in [0.717, 1.165) is 24.4 Å². The average molecular weight is 260 g/mol. The number of rotatable bonds is 6. The molecule has 2 nitrogen and oxygen atoms in total. The van der Waals surface area contributed by atoms with Crippen molar-refractivity contribution in [1.82, 2.24) is 10.3 Å². The third kappa shape index (κ3) is 3.65. The Morgan fingerprint density at radius 3 is 2.67 bits per heavy atom. The summed E-state index contributed by atoms with van der Waals surface area (Å²) >= 11 is 1.73. The number of hydrogen-bond acceptors (Lipinski definition) is 3. The van der Waals surface area contributed by atoms with Crippen LogP contribution < -0.4 is 5.32 Å². The Labute approximate surface area is 113 Å². The highest BCUT2D eigenvalue weighted by molar-refractivity contribution is 7.09. The summed E-state index contributed by atoms with van der Waals surface area (Å²) in [6, 6.07) is 11.0. The smallest absolute Gasteiger partial charge is 0.0897 e. The number of nitrogens with zero attached hydrogens (tertiary/aromatic N) is 1. The van der Waals surface area contributed by atoms with Gasteiger partial charge in [0.2, 0.25) is 0 Å². The summed E-state index contributed by atoms with van der Waals surface area (Å²) in [6.45, 7) is 5.30. The lowest BCUT2D eigenvalue weighted by Gasteiger charge is -2.18. The van der Waals surface area contributed by atoms with E-state index in [9.17, 15) is 0 Å². The third-order valence-corrected chi connectivity index (χ3v) is 3.74. The lowest BCUT2D eigenvalue weighted by molar-refractivity contribution is 0.525. The van der Waals surface area contributed by atoms with Gasteiger partial charge in [0.25, 0.3) is 0 Å². The van der Waals surface area contributed by atoms with Crippen molar-refractivity contribution in [2.24, 2.45) is 0 Å². The van der Waals surface area contributed by atoms with E-state index in [1.54, 1.807) is 11.3 Å². The fourth-order valence-electron chi connectivity index (χ4n) is 2.02. The Bertz CT molecular complexity index is 464. The predicted molar refractivity (Wildman–Crippen MR) is 78.0 cm³/mol. The number of aromatic nitrogens is 1. The molecule has 0 aliphatic rings. The fourth-order valence-corrected chi connectivity index (χ4v) is 2.65. The van der Waals surface area contributed by atoms with Gasteiger partial charge >= 0.3 is 0 Å². The molecule has 0 saturated heterocycles. The second-order valence-electron chi connectivity index (χ2n) is 4.48. The summed E-state index contributed by atoms with van der Waals surface area (Å²) in [5, 5.41) is 6.92. The molecule has 1 aromatic carbocycles. The van der Waals surface area contributed by atoms with Gasteiger partial charge in [-0.3, -0.25) is 0 Å². The van der Waals surface area contributed by atoms with Crippen LogP contribution in [0.4, 0.5) is 0 Å². The van der Waals surface area contributed by atoms with Crippen molar-refractivity contribution in [1.29, 1.82) is 0 Å². The van der Waals surface area contributed by atoms with Crippen molar-refractivity contribution in [3.8, 4) is 0 Å². The van der Waals surface area contributed by atoms with Gasteiger partial charge in [0, 0.05) is 17.8 Å². The van der Waals surface area contributed by atoms with E-state index in [0.29, 0.717) is 6.04 Å². The molecule has 18 heavy (non-hydrogen) atoms. The first-order valence-electron chi connectivity index (χ1n) is 6.49. The zero-order valence-corrected chi connectivity index (χ0v) is 11.8. The highest BCUT2D eigenvalue weighted by Gasteiger charge is 2.12. The maximum absolute atomic E-state index is 4.56.